The second-order valence-electron chi connectivity index (χ2n) is 4.74. The van der Waals surface area contributed by atoms with Gasteiger partial charge in [-0.15, -0.1) is 0 Å². The van der Waals surface area contributed by atoms with E-state index in [4.69, 9.17) is 9.47 Å². The van der Waals surface area contributed by atoms with Crippen LogP contribution in [0, 0.1) is 0 Å². The van der Waals surface area contributed by atoms with Crippen molar-refractivity contribution in [3.05, 3.63) is 48.2 Å². The number of ether oxygens (including phenoxy) is 2. The highest BCUT2D eigenvalue weighted by Crippen LogP contribution is 2.00. The van der Waals surface area contributed by atoms with Gasteiger partial charge >= 0.3 is 12.1 Å². The van der Waals surface area contributed by atoms with E-state index in [0.29, 0.717) is 0 Å². The van der Waals surface area contributed by atoms with E-state index in [2.05, 4.69) is 12.2 Å². The minimum absolute atomic E-state index is 0.110. The van der Waals surface area contributed by atoms with Crippen LogP contribution in [0.4, 0.5) is 4.79 Å². The summed E-state index contributed by atoms with van der Waals surface area (Å²) in [6.45, 7) is 2.49. The molecule has 22 heavy (non-hydrogen) atoms. The first-order valence-electron chi connectivity index (χ1n) is 7.51. The zero-order valence-electron chi connectivity index (χ0n) is 12.9. The molecular formula is C17H23NO4. The van der Waals surface area contributed by atoms with E-state index in [-0.39, 0.29) is 25.5 Å². The smallest absolute Gasteiger partial charge is 0.407 e. The van der Waals surface area contributed by atoms with Gasteiger partial charge in [-0.3, -0.25) is 4.79 Å². The predicted octanol–water partition coefficient (Wildman–Crippen LogP) is 3.55. The van der Waals surface area contributed by atoms with E-state index >= 15 is 0 Å². The maximum atomic E-state index is 11.4. The number of carbonyl (C=O) groups excluding carboxylic acids is 2. The van der Waals surface area contributed by atoms with E-state index in [9.17, 15) is 9.59 Å². The number of esters is 1. The van der Waals surface area contributed by atoms with Gasteiger partial charge in [-0.1, -0.05) is 43.7 Å². The van der Waals surface area contributed by atoms with Crippen LogP contribution in [0.25, 0.3) is 0 Å². The minimum Gasteiger partial charge on any atom is -0.445 e. The van der Waals surface area contributed by atoms with Crippen molar-refractivity contribution in [3.63, 3.8) is 0 Å². The van der Waals surface area contributed by atoms with Gasteiger partial charge in [0.25, 0.3) is 0 Å². The summed E-state index contributed by atoms with van der Waals surface area (Å²) >= 11 is 0. The number of amides is 1. The third-order valence-corrected chi connectivity index (χ3v) is 2.83. The van der Waals surface area contributed by atoms with Crippen molar-refractivity contribution in [1.82, 2.24) is 5.32 Å². The minimum atomic E-state index is -0.546. The van der Waals surface area contributed by atoms with Gasteiger partial charge in [0, 0.05) is 6.54 Å². The normalized spacial score (nSPS) is 10.4. The monoisotopic (exact) mass is 305 g/mol. The fraction of sp³-hybridized carbons (Fsp3) is 0.412. The lowest BCUT2D eigenvalue weighted by molar-refractivity contribution is -0.137. The Kier molecular flexibility index (Phi) is 9.17. The molecule has 0 spiro atoms. The Morgan fingerprint density at radius 2 is 2.00 bits per heavy atom. The molecule has 0 atom stereocenters. The van der Waals surface area contributed by atoms with Crippen LogP contribution in [-0.4, -0.2) is 18.6 Å². The highest BCUT2D eigenvalue weighted by Gasteiger charge is 2.05. The largest absolute Gasteiger partial charge is 0.445 e. The van der Waals surface area contributed by atoms with E-state index in [1.165, 1.54) is 6.26 Å². The van der Waals surface area contributed by atoms with Crippen LogP contribution < -0.4 is 5.32 Å². The number of benzene rings is 1. The zero-order chi connectivity index (χ0) is 16.0. The van der Waals surface area contributed by atoms with Crippen molar-refractivity contribution in [1.29, 1.82) is 0 Å². The summed E-state index contributed by atoms with van der Waals surface area (Å²) in [5.74, 6) is -0.379. The van der Waals surface area contributed by atoms with Gasteiger partial charge in [-0.25, -0.2) is 4.79 Å². The highest BCUT2D eigenvalue weighted by molar-refractivity contribution is 5.72. The van der Waals surface area contributed by atoms with Crippen LogP contribution in [0.15, 0.2) is 42.7 Å². The molecule has 0 fully saturated rings. The predicted molar refractivity (Wildman–Crippen MR) is 84.0 cm³/mol. The molecule has 1 aromatic carbocycles. The molecule has 0 radical (unpaired) electrons. The standard InChI is InChI=1S/C17H23NO4/c1-2-3-4-8-13-21-16(19)11-12-18-17(20)22-14-15-9-6-5-7-10-15/h5-10,13H,2-4,11-12,14H2,1H3,(H,18,20)/b13-8-. The molecule has 1 amide bonds. The summed E-state index contributed by atoms with van der Waals surface area (Å²) < 4.78 is 9.91. The van der Waals surface area contributed by atoms with Crippen LogP contribution >= 0.6 is 0 Å². The Bertz CT molecular complexity index is 471. The van der Waals surface area contributed by atoms with Gasteiger partial charge in [0.15, 0.2) is 0 Å². The van der Waals surface area contributed by atoms with Crippen LogP contribution in [0.2, 0.25) is 0 Å². The van der Waals surface area contributed by atoms with E-state index < -0.39 is 6.09 Å². The molecular weight excluding hydrogens is 282 g/mol. The molecule has 1 N–H and O–H groups in total. The van der Waals surface area contributed by atoms with Crippen LogP contribution in [0.5, 0.6) is 0 Å². The molecule has 5 heteroatoms. The van der Waals surface area contributed by atoms with Crippen LogP contribution in [-0.2, 0) is 20.9 Å². The van der Waals surface area contributed by atoms with Crippen molar-refractivity contribution in [2.24, 2.45) is 0 Å². The molecule has 0 saturated carbocycles. The molecule has 0 aromatic heterocycles. The average molecular weight is 305 g/mol. The number of alkyl carbamates (subject to hydrolysis) is 1. The van der Waals surface area contributed by atoms with Gasteiger partial charge in [0.05, 0.1) is 12.7 Å². The maximum Gasteiger partial charge on any atom is 0.407 e. The molecule has 0 heterocycles. The maximum absolute atomic E-state index is 11.4. The Balaban J connectivity index is 2.06. The Morgan fingerprint density at radius 3 is 2.73 bits per heavy atom. The molecule has 0 aliphatic heterocycles. The zero-order valence-corrected chi connectivity index (χ0v) is 12.9. The summed E-state index contributed by atoms with van der Waals surface area (Å²) in [4.78, 5) is 22.8. The lowest BCUT2D eigenvalue weighted by atomic mass is 10.2. The van der Waals surface area contributed by atoms with Crippen LogP contribution in [0.3, 0.4) is 0 Å². The van der Waals surface area contributed by atoms with E-state index in [0.717, 1.165) is 24.8 Å². The molecule has 0 bridgehead atoms. The number of allylic oxidation sites excluding steroid dienone is 1. The van der Waals surface area contributed by atoms with E-state index in [1.807, 2.05) is 36.4 Å². The Hall–Kier alpha value is -2.30. The number of nitrogens with one attached hydrogen (secondary N) is 1. The van der Waals surface area contributed by atoms with Crippen molar-refractivity contribution in [3.8, 4) is 0 Å². The molecule has 5 nitrogen and oxygen atoms in total. The van der Waals surface area contributed by atoms with Crippen molar-refractivity contribution >= 4 is 12.1 Å². The molecule has 120 valence electrons. The fourth-order valence-corrected chi connectivity index (χ4v) is 1.61. The lowest BCUT2D eigenvalue weighted by Crippen LogP contribution is -2.26. The second kappa shape index (κ2) is 11.4. The molecule has 0 unspecified atom stereocenters. The average Bonchev–Trinajstić information content (AvgIpc) is 2.54. The highest BCUT2D eigenvalue weighted by atomic mass is 16.5. The summed E-state index contributed by atoms with van der Waals surface area (Å²) in [6, 6.07) is 9.39. The first-order chi connectivity index (χ1) is 10.7. The van der Waals surface area contributed by atoms with Crippen molar-refractivity contribution < 1.29 is 19.1 Å². The SMILES string of the molecule is CCCC/C=C\OC(=O)CCNC(=O)OCc1ccccc1. The summed E-state index contributed by atoms with van der Waals surface area (Å²) in [5.41, 5.74) is 0.911. The first-order valence-corrected chi connectivity index (χ1v) is 7.51. The third kappa shape index (κ3) is 8.79. The topological polar surface area (TPSA) is 64.6 Å². The quantitative estimate of drug-likeness (QED) is 0.430. The third-order valence-electron chi connectivity index (χ3n) is 2.83. The molecule has 0 aliphatic carbocycles. The van der Waals surface area contributed by atoms with Crippen LogP contribution in [0.1, 0.15) is 38.2 Å². The van der Waals surface area contributed by atoms with Gasteiger partial charge in [-0.2, -0.15) is 0 Å². The lowest BCUT2D eigenvalue weighted by Gasteiger charge is -2.06. The van der Waals surface area contributed by atoms with Gasteiger partial charge in [0.1, 0.15) is 6.61 Å². The fourth-order valence-electron chi connectivity index (χ4n) is 1.61. The summed E-state index contributed by atoms with van der Waals surface area (Å²) in [6.07, 6.45) is 5.87. The first kappa shape index (κ1) is 17.8. The van der Waals surface area contributed by atoms with Crippen molar-refractivity contribution in [2.75, 3.05) is 6.54 Å². The molecule has 1 aromatic rings. The number of rotatable bonds is 9. The molecule has 0 aliphatic rings. The molecule has 0 saturated heterocycles. The van der Waals surface area contributed by atoms with E-state index in [1.54, 1.807) is 0 Å². The second-order valence-corrected chi connectivity index (χ2v) is 4.74. The Morgan fingerprint density at radius 1 is 1.23 bits per heavy atom. The summed E-state index contributed by atoms with van der Waals surface area (Å²) in [7, 11) is 0. The number of hydrogen-bond donors (Lipinski definition) is 1. The van der Waals surface area contributed by atoms with Gasteiger partial charge < -0.3 is 14.8 Å². The number of carbonyl (C=O) groups is 2. The van der Waals surface area contributed by atoms with Crippen molar-refractivity contribution in [2.45, 2.75) is 39.2 Å². The van der Waals surface area contributed by atoms with Gasteiger partial charge in [0.2, 0.25) is 0 Å². The summed E-state index contributed by atoms with van der Waals surface area (Å²) in [5, 5.41) is 2.51. The number of unbranched alkanes of at least 4 members (excludes halogenated alkanes) is 2. The Labute approximate surface area is 131 Å². The molecule has 1 rings (SSSR count). The number of hydrogen-bond acceptors (Lipinski definition) is 4. The van der Waals surface area contributed by atoms with Gasteiger partial charge in [-0.05, 0) is 24.5 Å².